The first-order valence-electron chi connectivity index (χ1n) is 7.45. The Labute approximate surface area is 142 Å². The van der Waals surface area contributed by atoms with Crippen molar-refractivity contribution < 1.29 is 5.11 Å². The van der Waals surface area contributed by atoms with Gasteiger partial charge >= 0.3 is 0 Å². The van der Waals surface area contributed by atoms with Gasteiger partial charge in [-0.3, -0.25) is 0 Å². The lowest BCUT2D eigenvalue weighted by Crippen LogP contribution is -1.77. The minimum Gasteiger partial charge on any atom is -0.493 e. The van der Waals surface area contributed by atoms with Crippen LogP contribution in [0.2, 0.25) is 0 Å². The first-order chi connectivity index (χ1) is 11.7. The third kappa shape index (κ3) is 2.68. The number of benzene rings is 2. The van der Waals surface area contributed by atoms with E-state index in [1.165, 1.54) is 16.9 Å². The maximum atomic E-state index is 10.00. The predicted octanol–water partition coefficient (Wildman–Crippen LogP) is 5.72. The molecule has 0 bridgehead atoms. The molecule has 5 nitrogen and oxygen atoms in total. The zero-order valence-corrected chi connectivity index (χ0v) is 13.7. The number of nitrogens with zero attached hydrogens (tertiary/aromatic N) is 3. The number of azo groups is 1. The fourth-order valence-electron chi connectivity index (χ4n) is 2.47. The second-order valence-electron chi connectivity index (χ2n) is 5.45. The van der Waals surface area contributed by atoms with Crippen LogP contribution in [0.3, 0.4) is 0 Å². The number of hydrogen-bond acceptors (Lipinski definition) is 5. The molecule has 2 aromatic carbocycles. The van der Waals surface area contributed by atoms with Crippen LogP contribution >= 0.6 is 11.3 Å². The zero-order chi connectivity index (χ0) is 16.5. The van der Waals surface area contributed by atoms with Crippen molar-refractivity contribution in [2.75, 3.05) is 0 Å². The Morgan fingerprint density at radius 2 is 1.83 bits per heavy atom. The highest BCUT2D eigenvalue weighted by molar-refractivity contribution is 7.13. The third-order valence-electron chi connectivity index (χ3n) is 3.73. The van der Waals surface area contributed by atoms with Gasteiger partial charge in [-0.15, -0.1) is 21.6 Å². The molecule has 0 atom stereocenters. The monoisotopic (exact) mass is 334 g/mol. The number of thiazole rings is 1. The van der Waals surface area contributed by atoms with E-state index in [1.807, 2.05) is 41.8 Å². The molecule has 2 N–H and O–H groups in total. The Hall–Kier alpha value is -2.99. The molecule has 0 spiro atoms. The van der Waals surface area contributed by atoms with Crippen LogP contribution in [0, 0.1) is 6.92 Å². The number of aromatic amines is 1. The highest BCUT2D eigenvalue weighted by atomic mass is 32.1. The minimum absolute atomic E-state index is 0.00950. The van der Waals surface area contributed by atoms with E-state index in [9.17, 15) is 5.11 Å². The summed E-state index contributed by atoms with van der Waals surface area (Å²) in [7, 11) is 0. The molecule has 0 saturated carbocycles. The first-order valence-corrected chi connectivity index (χ1v) is 8.32. The number of H-pyrrole nitrogens is 1. The largest absolute Gasteiger partial charge is 0.493 e. The SMILES string of the molecule is Cc1ccc(-c2csc(N=Nc3c(O)[nH]c4ccccc34)n2)cc1. The summed E-state index contributed by atoms with van der Waals surface area (Å²) in [5, 5.41) is 21.7. The highest BCUT2D eigenvalue weighted by Crippen LogP contribution is 2.36. The molecule has 2 heterocycles. The summed E-state index contributed by atoms with van der Waals surface area (Å²) in [5.41, 5.74) is 4.38. The molecule has 0 fully saturated rings. The number of para-hydroxylation sites is 1. The fraction of sp³-hybridized carbons (Fsp3) is 0.0556. The second-order valence-corrected chi connectivity index (χ2v) is 6.29. The summed E-state index contributed by atoms with van der Waals surface area (Å²) >= 11 is 1.42. The van der Waals surface area contributed by atoms with E-state index < -0.39 is 0 Å². The van der Waals surface area contributed by atoms with Crippen LogP contribution in [0.4, 0.5) is 10.8 Å². The average Bonchev–Trinajstić information content (AvgIpc) is 3.17. The Morgan fingerprint density at radius 3 is 2.67 bits per heavy atom. The molecule has 0 amide bonds. The fourth-order valence-corrected chi connectivity index (χ4v) is 3.12. The summed E-state index contributed by atoms with van der Waals surface area (Å²) in [6.45, 7) is 2.05. The molecule has 0 aliphatic heterocycles. The van der Waals surface area contributed by atoms with Crippen molar-refractivity contribution in [1.82, 2.24) is 9.97 Å². The zero-order valence-electron chi connectivity index (χ0n) is 12.9. The van der Waals surface area contributed by atoms with E-state index in [1.54, 1.807) is 0 Å². The Bertz CT molecular complexity index is 1030. The van der Waals surface area contributed by atoms with E-state index in [4.69, 9.17) is 0 Å². The van der Waals surface area contributed by atoms with Gasteiger partial charge in [0.15, 0.2) is 5.69 Å². The van der Waals surface area contributed by atoms with E-state index in [0.29, 0.717) is 10.8 Å². The van der Waals surface area contributed by atoms with Crippen LogP contribution in [-0.4, -0.2) is 15.1 Å². The van der Waals surface area contributed by atoms with Crippen molar-refractivity contribution in [2.45, 2.75) is 6.92 Å². The molecule has 4 aromatic rings. The first kappa shape index (κ1) is 14.6. The van der Waals surface area contributed by atoms with Crippen molar-refractivity contribution >= 4 is 33.1 Å². The lowest BCUT2D eigenvalue weighted by Gasteiger charge is -1.96. The van der Waals surface area contributed by atoms with Gasteiger partial charge in [-0.1, -0.05) is 48.0 Å². The molecule has 118 valence electrons. The van der Waals surface area contributed by atoms with Gasteiger partial charge in [0.1, 0.15) is 0 Å². The van der Waals surface area contributed by atoms with Gasteiger partial charge < -0.3 is 10.1 Å². The molecule has 2 aromatic heterocycles. The lowest BCUT2D eigenvalue weighted by atomic mass is 10.1. The van der Waals surface area contributed by atoms with Gasteiger partial charge in [-0.25, -0.2) is 4.98 Å². The summed E-state index contributed by atoms with van der Waals surface area (Å²) in [5.74, 6) is 0.00950. The van der Waals surface area contributed by atoms with Crippen LogP contribution < -0.4 is 0 Å². The molecular weight excluding hydrogens is 320 g/mol. The van der Waals surface area contributed by atoms with Crippen LogP contribution in [0.15, 0.2) is 64.1 Å². The topological polar surface area (TPSA) is 73.6 Å². The lowest BCUT2D eigenvalue weighted by molar-refractivity contribution is 0.459. The number of aromatic nitrogens is 2. The number of nitrogens with one attached hydrogen (secondary N) is 1. The standard InChI is InChI=1S/C18H14N4OS/c1-11-6-8-12(9-7-11)15-10-24-18(20-15)22-21-16-13-4-2-3-5-14(13)19-17(16)23/h2-10,19,23H,1H3. The number of aryl methyl sites for hydroxylation is 1. The maximum absolute atomic E-state index is 10.00. The summed E-state index contributed by atoms with van der Waals surface area (Å²) in [4.78, 5) is 7.37. The Balaban J connectivity index is 1.64. The van der Waals surface area contributed by atoms with E-state index in [-0.39, 0.29) is 5.88 Å². The highest BCUT2D eigenvalue weighted by Gasteiger charge is 2.10. The molecule has 24 heavy (non-hydrogen) atoms. The number of aromatic hydroxyl groups is 1. The Morgan fingerprint density at radius 1 is 1.04 bits per heavy atom. The normalized spacial score (nSPS) is 11.5. The van der Waals surface area contributed by atoms with Gasteiger partial charge in [0.05, 0.1) is 11.2 Å². The molecular formula is C18H14N4OS. The van der Waals surface area contributed by atoms with Crippen LogP contribution in [0.5, 0.6) is 5.88 Å². The van der Waals surface area contributed by atoms with Crippen LogP contribution in [-0.2, 0) is 0 Å². The van der Waals surface area contributed by atoms with E-state index in [2.05, 4.69) is 39.3 Å². The smallest absolute Gasteiger partial charge is 0.230 e. The quantitative estimate of drug-likeness (QED) is 0.470. The predicted molar refractivity (Wildman–Crippen MR) is 96.4 cm³/mol. The van der Waals surface area contributed by atoms with Gasteiger partial charge in [0.25, 0.3) is 0 Å². The summed E-state index contributed by atoms with van der Waals surface area (Å²) < 4.78 is 0. The van der Waals surface area contributed by atoms with Crippen molar-refractivity contribution in [1.29, 1.82) is 0 Å². The van der Waals surface area contributed by atoms with Gasteiger partial charge in [-0.05, 0) is 13.0 Å². The molecule has 0 aliphatic carbocycles. The van der Waals surface area contributed by atoms with Crippen molar-refractivity contribution in [3.8, 4) is 17.1 Å². The van der Waals surface area contributed by atoms with Gasteiger partial charge in [0.2, 0.25) is 11.0 Å². The summed E-state index contributed by atoms with van der Waals surface area (Å²) in [6.07, 6.45) is 0. The van der Waals surface area contributed by atoms with E-state index >= 15 is 0 Å². The molecule has 0 radical (unpaired) electrons. The van der Waals surface area contributed by atoms with Crippen molar-refractivity contribution in [2.24, 2.45) is 10.2 Å². The van der Waals surface area contributed by atoms with Crippen molar-refractivity contribution in [3.63, 3.8) is 0 Å². The van der Waals surface area contributed by atoms with Crippen molar-refractivity contribution in [3.05, 3.63) is 59.5 Å². The van der Waals surface area contributed by atoms with Crippen LogP contribution in [0.1, 0.15) is 5.56 Å². The minimum atomic E-state index is 0.00950. The average molecular weight is 334 g/mol. The number of fused-ring (bicyclic) bond motifs is 1. The molecule has 0 unspecified atom stereocenters. The van der Waals surface area contributed by atoms with Crippen LogP contribution in [0.25, 0.3) is 22.2 Å². The molecule has 4 rings (SSSR count). The Kier molecular flexibility index (Phi) is 3.59. The third-order valence-corrected chi connectivity index (χ3v) is 4.46. The number of hydrogen-bond donors (Lipinski definition) is 2. The van der Waals surface area contributed by atoms with Gasteiger partial charge in [0, 0.05) is 16.3 Å². The van der Waals surface area contributed by atoms with E-state index in [0.717, 1.165) is 22.2 Å². The second kappa shape index (κ2) is 5.90. The molecule has 0 aliphatic rings. The number of rotatable bonds is 3. The van der Waals surface area contributed by atoms with Gasteiger partial charge in [-0.2, -0.15) is 0 Å². The molecule has 6 heteroatoms. The summed E-state index contributed by atoms with van der Waals surface area (Å²) in [6, 6.07) is 15.8. The molecule has 0 saturated heterocycles. The maximum Gasteiger partial charge on any atom is 0.230 e.